The van der Waals surface area contributed by atoms with Crippen molar-refractivity contribution in [3.05, 3.63) is 51.7 Å². The number of nitrogens with one attached hydrogen (secondary N) is 1. The van der Waals surface area contributed by atoms with Gasteiger partial charge in [0.05, 0.1) is 31.0 Å². The van der Waals surface area contributed by atoms with Crippen LogP contribution in [0, 0.1) is 19.8 Å². The summed E-state index contributed by atoms with van der Waals surface area (Å²) in [5.74, 6) is 2.61. The number of hydrogen-bond acceptors (Lipinski definition) is 5. The highest BCUT2D eigenvalue weighted by molar-refractivity contribution is 5.99. The minimum Gasteiger partial charge on any atom is -0.490 e. The molecule has 1 aromatic carbocycles. The molecule has 1 saturated heterocycles. The fraction of sp³-hybridized carbons (Fsp3) is 0.500. The van der Waals surface area contributed by atoms with Crippen molar-refractivity contribution in [2.45, 2.75) is 58.4 Å². The van der Waals surface area contributed by atoms with E-state index in [1.807, 2.05) is 6.92 Å². The van der Waals surface area contributed by atoms with Gasteiger partial charge in [-0.2, -0.15) is 0 Å². The predicted molar refractivity (Wildman–Crippen MR) is 113 cm³/mol. The zero-order valence-corrected chi connectivity index (χ0v) is 17.5. The molecular weight excluding hydrogens is 378 g/mol. The van der Waals surface area contributed by atoms with Gasteiger partial charge in [-0.3, -0.25) is 4.79 Å². The maximum atomic E-state index is 12.1. The van der Waals surface area contributed by atoms with Crippen LogP contribution in [0.3, 0.4) is 0 Å². The second-order valence-electron chi connectivity index (χ2n) is 9.03. The SMILES string of the molecule is Cc1c(N2CCC(Oc3ccc4c(c3)CCOC4)C3CC32)nc2c(c1C)C(=O)NC2. The number of piperidine rings is 1. The molecule has 1 aromatic heterocycles. The van der Waals surface area contributed by atoms with E-state index in [-0.39, 0.29) is 12.0 Å². The van der Waals surface area contributed by atoms with Crippen molar-refractivity contribution in [3.8, 4) is 5.75 Å². The molecule has 3 aliphatic heterocycles. The van der Waals surface area contributed by atoms with E-state index in [1.165, 1.54) is 11.1 Å². The van der Waals surface area contributed by atoms with Gasteiger partial charge in [-0.05, 0) is 61.1 Å². The molecule has 30 heavy (non-hydrogen) atoms. The third-order valence-corrected chi connectivity index (χ3v) is 7.29. The number of carbonyl (C=O) groups is 1. The number of anilines is 1. The van der Waals surface area contributed by atoms with Crippen LogP contribution in [0.5, 0.6) is 5.75 Å². The van der Waals surface area contributed by atoms with Crippen LogP contribution >= 0.6 is 0 Å². The average Bonchev–Trinajstić information content (AvgIpc) is 3.48. The lowest BCUT2D eigenvalue weighted by atomic mass is 10.0. The fourth-order valence-corrected chi connectivity index (χ4v) is 5.40. The van der Waals surface area contributed by atoms with Crippen LogP contribution in [-0.4, -0.2) is 36.2 Å². The summed E-state index contributed by atoms with van der Waals surface area (Å²) >= 11 is 0. The normalized spacial score (nSPS) is 26.5. The molecule has 6 rings (SSSR count). The molecule has 0 radical (unpaired) electrons. The van der Waals surface area contributed by atoms with Crippen LogP contribution in [0.25, 0.3) is 0 Å². The van der Waals surface area contributed by atoms with E-state index in [0.29, 0.717) is 25.1 Å². The van der Waals surface area contributed by atoms with Crippen LogP contribution in [-0.2, 0) is 24.3 Å². The molecule has 3 unspecified atom stereocenters. The molecule has 1 saturated carbocycles. The highest BCUT2D eigenvalue weighted by Crippen LogP contribution is 2.47. The monoisotopic (exact) mass is 405 g/mol. The summed E-state index contributed by atoms with van der Waals surface area (Å²) < 4.78 is 12.0. The lowest BCUT2D eigenvalue weighted by molar-refractivity contribution is 0.0965. The molecule has 156 valence electrons. The molecule has 1 aliphatic carbocycles. The van der Waals surface area contributed by atoms with Crippen molar-refractivity contribution in [3.63, 3.8) is 0 Å². The van der Waals surface area contributed by atoms with Crippen molar-refractivity contribution < 1.29 is 14.3 Å². The molecule has 6 heteroatoms. The number of amides is 1. The highest BCUT2D eigenvalue weighted by Gasteiger charge is 2.52. The molecule has 0 spiro atoms. The van der Waals surface area contributed by atoms with E-state index < -0.39 is 0 Å². The van der Waals surface area contributed by atoms with Gasteiger partial charge in [0.15, 0.2) is 0 Å². The zero-order valence-electron chi connectivity index (χ0n) is 17.5. The lowest BCUT2D eigenvalue weighted by Gasteiger charge is -2.34. The fourth-order valence-electron chi connectivity index (χ4n) is 5.40. The first-order valence-electron chi connectivity index (χ1n) is 11.0. The second-order valence-corrected chi connectivity index (χ2v) is 9.03. The van der Waals surface area contributed by atoms with Crippen molar-refractivity contribution >= 4 is 11.7 Å². The number of hydrogen-bond donors (Lipinski definition) is 1. The number of fused-ring (bicyclic) bond motifs is 3. The Balaban J connectivity index is 1.20. The summed E-state index contributed by atoms with van der Waals surface area (Å²) in [6.45, 7) is 7.14. The summed E-state index contributed by atoms with van der Waals surface area (Å²) in [4.78, 5) is 19.5. The number of benzene rings is 1. The van der Waals surface area contributed by atoms with E-state index in [0.717, 1.165) is 66.4 Å². The smallest absolute Gasteiger partial charge is 0.253 e. The molecule has 3 atom stereocenters. The lowest BCUT2D eigenvalue weighted by Crippen LogP contribution is -2.40. The molecule has 4 aliphatic rings. The van der Waals surface area contributed by atoms with Crippen LogP contribution in [0.1, 0.15) is 51.1 Å². The maximum Gasteiger partial charge on any atom is 0.253 e. The van der Waals surface area contributed by atoms with E-state index in [9.17, 15) is 4.79 Å². The molecular formula is C24H27N3O3. The Morgan fingerprint density at radius 2 is 2.13 bits per heavy atom. The summed E-state index contributed by atoms with van der Waals surface area (Å²) in [6, 6.07) is 6.94. The summed E-state index contributed by atoms with van der Waals surface area (Å²) in [7, 11) is 0. The van der Waals surface area contributed by atoms with Gasteiger partial charge in [0, 0.05) is 24.9 Å². The number of pyridine rings is 1. The minimum atomic E-state index is 0.0117. The zero-order chi connectivity index (χ0) is 20.4. The van der Waals surface area contributed by atoms with E-state index in [1.54, 1.807) is 0 Å². The van der Waals surface area contributed by atoms with Crippen LogP contribution < -0.4 is 15.0 Å². The first kappa shape index (κ1) is 18.2. The van der Waals surface area contributed by atoms with Crippen LogP contribution in [0.4, 0.5) is 5.82 Å². The number of ether oxygens (including phenoxy) is 2. The Hall–Kier alpha value is -2.60. The Morgan fingerprint density at radius 3 is 3.03 bits per heavy atom. The van der Waals surface area contributed by atoms with Crippen molar-refractivity contribution in [2.24, 2.45) is 5.92 Å². The minimum absolute atomic E-state index is 0.0117. The molecule has 6 nitrogen and oxygen atoms in total. The van der Waals surface area contributed by atoms with E-state index in [2.05, 4.69) is 35.3 Å². The molecule has 1 amide bonds. The number of aromatic nitrogens is 1. The summed E-state index contributed by atoms with van der Waals surface area (Å²) in [5.41, 5.74) is 6.52. The number of rotatable bonds is 3. The molecule has 1 N–H and O–H groups in total. The van der Waals surface area contributed by atoms with Gasteiger partial charge >= 0.3 is 0 Å². The Kier molecular flexibility index (Phi) is 4.07. The maximum absolute atomic E-state index is 12.1. The van der Waals surface area contributed by atoms with E-state index >= 15 is 0 Å². The largest absolute Gasteiger partial charge is 0.490 e. The van der Waals surface area contributed by atoms with Gasteiger partial charge < -0.3 is 19.7 Å². The van der Waals surface area contributed by atoms with Gasteiger partial charge in [0.1, 0.15) is 17.7 Å². The average molecular weight is 405 g/mol. The van der Waals surface area contributed by atoms with Crippen LogP contribution in [0.2, 0.25) is 0 Å². The predicted octanol–water partition coefficient (Wildman–Crippen LogP) is 3.06. The van der Waals surface area contributed by atoms with Gasteiger partial charge in [0.25, 0.3) is 5.91 Å². The quantitative estimate of drug-likeness (QED) is 0.850. The summed E-state index contributed by atoms with van der Waals surface area (Å²) in [5, 5.41) is 2.91. The van der Waals surface area contributed by atoms with Gasteiger partial charge in [0.2, 0.25) is 0 Å². The Bertz CT molecular complexity index is 1050. The third kappa shape index (κ3) is 2.81. The Labute approximate surface area is 176 Å². The third-order valence-electron chi connectivity index (χ3n) is 7.29. The molecule has 2 aromatic rings. The van der Waals surface area contributed by atoms with Crippen molar-refractivity contribution in [1.29, 1.82) is 0 Å². The first-order chi connectivity index (χ1) is 14.6. The van der Waals surface area contributed by atoms with Crippen LogP contribution in [0.15, 0.2) is 18.2 Å². The van der Waals surface area contributed by atoms with Gasteiger partial charge in [-0.1, -0.05) is 6.07 Å². The second kappa shape index (κ2) is 6.71. The van der Waals surface area contributed by atoms with Crippen molar-refractivity contribution in [2.75, 3.05) is 18.1 Å². The molecule has 4 heterocycles. The standard InChI is InChI=1S/C24H27N3O3/c1-13-14(2)23(26-19-11-25-24(28)22(13)19)27-7-5-21(18-10-20(18)27)30-17-4-3-16-12-29-8-6-15(16)9-17/h3-4,9,18,20-21H,5-8,10-12H2,1-2H3,(H,25,28). The van der Waals surface area contributed by atoms with E-state index in [4.69, 9.17) is 14.5 Å². The number of carbonyl (C=O) groups excluding carboxylic acids is 1. The molecule has 2 fully saturated rings. The Morgan fingerprint density at radius 1 is 1.23 bits per heavy atom. The topological polar surface area (TPSA) is 63.7 Å². The summed E-state index contributed by atoms with van der Waals surface area (Å²) in [6.07, 6.45) is 3.38. The highest BCUT2D eigenvalue weighted by atomic mass is 16.5. The van der Waals surface area contributed by atoms with Gasteiger partial charge in [-0.15, -0.1) is 0 Å². The van der Waals surface area contributed by atoms with Crippen molar-refractivity contribution in [1.82, 2.24) is 10.3 Å². The van der Waals surface area contributed by atoms with Gasteiger partial charge in [-0.25, -0.2) is 4.98 Å². The molecule has 0 bridgehead atoms. The number of nitrogens with zero attached hydrogens (tertiary/aromatic N) is 2. The first-order valence-corrected chi connectivity index (χ1v) is 11.0.